The molecule has 0 saturated carbocycles. The smallest absolute Gasteiger partial charge is 0.263 e. The maximum Gasteiger partial charge on any atom is 0.263 e. The van der Waals surface area contributed by atoms with E-state index in [4.69, 9.17) is 4.74 Å². The molecule has 1 aliphatic heterocycles. The molecule has 1 atom stereocenters. The van der Waals surface area contributed by atoms with Gasteiger partial charge >= 0.3 is 0 Å². The third-order valence-electron chi connectivity index (χ3n) is 4.38. The van der Waals surface area contributed by atoms with Crippen LogP contribution < -0.4 is 10.1 Å². The summed E-state index contributed by atoms with van der Waals surface area (Å²) in [5.41, 5.74) is 2.75. The summed E-state index contributed by atoms with van der Waals surface area (Å²) in [4.78, 5) is 12.3. The summed E-state index contributed by atoms with van der Waals surface area (Å²) in [5.74, 6) is 1.00. The minimum atomic E-state index is -0.851. The molecule has 21 heavy (non-hydrogen) atoms. The third-order valence-corrected chi connectivity index (χ3v) is 4.78. The van der Waals surface area contributed by atoms with Crippen LogP contribution in [-0.2, 0) is 11.2 Å². The van der Waals surface area contributed by atoms with E-state index in [1.54, 1.807) is 0 Å². The Morgan fingerprint density at radius 1 is 1.33 bits per heavy atom. The molecular weight excluding hydrogens is 334 g/mol. The van der Waals surface area contributed by atoms with Crippen LogP contribution in [0.5, 0.6) is 11.5 Å². The number of alkyl halides is 1. The van der Waals surface area contributed by atoms with Crippen molar-refractivity contribution in [3.05, 3.63) is 22.3 Å². The van der Waals surface area contributed by atoms with Gasteiger partial charge in [-0.25, -0.2) is 0 Å². The number of fused-ring (bicyclic) bond motifs is 1. The second-order valence-corrected chi connectivity index (χ2v) is 6.60. The van der Waals surface area contributed by atoms with E-state index < -0.39 is 5.60 Å². The SMILES string of the molecule is Cc1c(C)c2c(c(C)c1O)CCC(C)(C(=O)NCCBr)O2. The number of phenols is 1. The van der Waals surface area contributed by atoms with Crippen LogP contribution in [0.1, 0.15) is 35.6 Å². The van der Waals surface area contributed by atoms with E-state index in [1.807, 2.05) is 27.7 Å². The molecule has 1 aliphatic rings. The minimum Gasteiger partial charge on any atom is -0.507 e. The molecule has 1 heterocycles. The predicted molar refractivity (Wildman–Crippen MR) is 86.5 cm³/mol. The molecule has 0 aliphatic carbocycles. The average molecular weight is 356 g/mol. The Labute approximate surface area is 134 Å². The van der Waals surface area contributed by atoms with Gasteiger partial charge in [0, 0.05) is 23.9 Å². The Kier molecular flexibility index (Phi) is 4.51. The van der Waals surface area contributed by atoms with Crippen molar-refractivity contribution < 1.29 is 14.6 Å². The lowest BCUT2D eigenvalue weighted by atomic mass is 9.86. The number of hydrogen-bond acceptors (Lipinski definition) is 3. The molecular formula is C16H22BrNO3. The summed E-state index contributed by atoms with van der Waals surface area (Å²) in [5, 5.41) is 13.8. The van der Waals surface area contributed by atoms with Gasteiger partial charge in [-0.1, -0.05) is 15.9 Å². The lowest BCUT2D eigenvalue weighted by Crippen LogP contribution is -2.51. The zero-order chi connectivity index (χ0) is 15.8. The number of aromatic hydroxyl groups is 1. The van der Waals surface area contributed by atoms with E-state index in [0.29, 0.717) is 18.7 Å². The number of carbonyl (C=O) groups excluding carboxylic acids is 1. The van der Waals surface area contributed by atoms with Gasteiger partial charge < -0.3 is 15.2 Å². The van der Waals surface area contributed by atoms with E-state index in [-0.39, 0.29) is 5.91 Å². The molecule has 2 N–H and O–H groups in total. The van der Waals surface area contributed by atoms with Crippen LogP contribution >= 0.6 is 15.9 Å². The van der Waals surface area contributed by atoms with Crippen LogP contribution in [0.25, 0.3) is 0 Å². The Morgan fingerprint density at radius 2 is 2.00 bits per heavy atom. The van der Waals surface area contributed by atoms with Crippen molar-refractivity contribution in [2.45, 2.75) is 46.1 Å². The number of phenolic OH excluding ortho intramolecular Hbond substituents is 1. The number of rotatable bonds is 3. The highest BCUT2D eigenvalue weighted by molar-refractivity contribution is 9.09. The van der Waals surface area contributed by atoms with Crippen LogP contribution in [0.3, 0.4) is 0 Å². The fourth-order valence-corrected chi connectivity index (χ4v) is 2.95. The summed E-state index contributed by atoms with van der Waals surface area (Å²) >= 11 is 3.30. The van der Waals surface area contributed by atoms with Crippen molar-refractivity contribution in [1.29, 1.82) is 0 Å². The highest BCUT2D eigenvalue weighted by atomic mass is 79.9. The molecule has 1 aromatic rings. The molecule has 1 unspecified atom stereocenters. The van der Waals surface area contributed by atoms with E-state index in [1.165, 1.54) is 0 Å². The second kappa shape index (κ2) is 5.87. The Bertz CT molecular complexity index is 586. The van der Waals surface area contributed by atoms with E-state index in [0.717, 1.165) is 39.8 Å². The Morgan fingerprint density at radius 3 is 2.62 bits per heavy atom. The third kappa shape index (κ3) is 2.76. The van der Waals surface area contributed by atoms with Crippen molar-refractivity contribution in [2.24, 2.45) is 0 Å². The van der Waals surface area contributed by atoms with Crippen molar-refractivity contribution in [1.82, 2.24) is 5.32 Å². The molecule has 0 spiro atoms. The largest absolute Gasteiger partial charge is 0.507 e. The molecule has 5 heteroatoms. The molecule has 0 bridgehead atoms. The Hall–Kier alpha value is -1.23. The Balaban J connectivity index is 2.38. The molecule has 4 nitrogen and oxygen atoms in total. The fraction of sp³-hybridized carbons (Fsp3) is 0.562. The summed E-state index contributed by atoms with van der Waals surface area (Å²) in [6.07, 6.45) is 1.34. The van der Waals surface area contributed by atoms with Crippen LogP contribution in [0.15, 0.2) is 0 Å². The van der Waals surface area contributed by atoms with Crippen LogP contribution in [-0.4, -0.2) is 28.5 Å². The molecule has 0 fully saturated rings. The summed E-state index contributed by atoms with van der Waals surface area (Å²) in [6, 6.07) is 0. The van der Waals surface area contributed by atoms with Crippen LogP contribution in [0, 0.1) is 20.8 Å². The molecule has 0 aromatic heterocycles. The van der Waals surface area contributed by atoms with Gasteiger partial charge in [0.1, 0.15) is 11.5 Å². The maximum atomic E-state index is 12.3. The zero-order valence-corrected chi connectivity index (χ0v) is 14.6. The van der Waals surface area contributed by atoms with Crippen molar-refractivity contribution in [3.8, 4) is 11.5 Å². The van der Waals surface area contributed by atoms with Gasteiger partial charge in [0.2, 0.25) is 0 Å². The molecule has 0 radical (unpaired) electrons. The highest BCUT2D eigenvalue weighted by Gasteiger charge is 2.40. The number of carbonyl (C=O) groups is 1. The number of benzene rings is 1. The normalized spacial score (nSPS) is 20.6. The molecule has 1 aromatic carbocycles. The van der Waals surface area contributed by atoms with Crippen molar-refractivity contribution >= 4 is 21.8 Å². The van der Waals surface area contributed by atoms with Crippen molar-refractivity contribution in [2.75, 3.05) is 11.9 Å². The first-order chi connectivity index (χ1) is 9.81. The molecule has 116 valence electrons. The highest BCUT2D eigenvalue weighted by Crippen LogP contribution is 2.43. The fourth-order valence-electron chi connectivity index (χ4n) is 2.76. The topological polar surface area (TPSA) is 58.6 Å². The first kappa shape index (κ1) is 16.1. The molecule has 2 rings (SSSR count). The first-order valence-electron chi connectivity index (χ1n) is 7.16. The zero-order valence-electron chi connectivity index (χ0n) is 13.0. The second-order valence-electron chi connectivity index (χ2n) is 5.81. The minimum absolute atomic E-state index is 0.0876. The monoisotopic (exact) mass is 355 g/mol. The number of halogens is 1. The van der Waals surface area contributed by atoms with Gasteiger partial charge in [-0.05, 0) is 50.8 Å². The summed E-state index contributed by atoms with van der Waals surface area (Å²) in [6.45, 7) is 8.11. The lowest BCUT2D eigenvalue weighted by Gasteiger charge is -2.36. The van der Waals surface area contributed by atoms with Gasteiger partial charge in [-0.2, -0.15) is 0 Å². The van der Waals surface area contributed by atoms with Crippen molar-refractivity contribution in [3.63, 3.8) is 0 Å². The quantitative estimate of drug-likeness (QED) is 0.819. The summed E-state index contributed by atoms with van der Waals surface area (Å²) < 4.78 is 6.09. The lowest BCUT2D eigenvalue weighted by molar-refractivity contribution is -0.136. The maximum absolute atomic E-state index is 12.3. The van der Waals surface area contributed by atoms with E-state index in [2.05, 4.69) is 21.2 Å². The number of hydrogen-bond donors (Lipinski definition) is 2. The van der Waals surface area contributed by atoms with E-state index in [9.17, 15) is 9.90 Å². The van der Waals surface area contributed by atoms with Gasteiger partial charge in [0.15, 0.2) is 5.60 Å². The predicted octanol–water partition coefficient (Wildman–Crippen LogP) is 2.91. The van der Waals surface area contributed by atoms with Gasteiger partial charge in [0.25, 0.3) is 5.91 Å². The van der Waals surface area contributed by atoms with Gasteiger partial charge in [0.05, 0.1) is 0 Å². The van der Waals surface area contributed by atoms with Gasteiger partial charge in [-0.15, -0.1) is 0 Å². The first-order valence-corrected chi connectivity index (χ1v) is 8.29. The molecule has 0 saturated heterocycles. The number of amides is 1. The van der Waals surface area contributed by atoms with Crippen LogP contribution in [0.2, 0.25) is 0 Å². The molecule has 1 amide bonds. The standard InChI is InChI=1S/C16H22BrNO3/c1-9-10(2)14-12(11(3)13(9)19)5-6-16(4,21-14)15(20)18-8-7-17/h19H,5-8H2,1-4H3,(H,18,20). The van der Waals surface area contributed by atoms with Crippen LogP contribution in [0.4, 0.5) is 0 Å². The van der Waals surface area contributed by atoms with E-state index >= 15 is 0 Å². The number of nitrogens with one attached hydrogen (secondary N) is 1. The summed E-state index contributed by atoms with van der Waals surface area (Å²) in [7, 11) is 0. The number of ether oxygens (including phenoxy) is 1. The average Bonchev–Trinajstić information content (AvgIpc) is 2.48. The van der Waals surface area contributed by atoms with Gasteiger partial charge in [-0.3, -0.25) is 4.79 Å².